The van der Waals surface area contributed by atoms with Crippen LogP contribution in [0.4, 0.5) is 5.82 Å². The molecule has 3 N–H and O–H groups in total. The summed E-state index contributed by atoms with van der Waals surface area (Å²) in [7, 11) is -4.06. The van der Waals surface area contributed by atoms with Crippen molar-refractivity contribution in [1.82, 2.24) is 14.5 Å². The summed E-state index contributed by atoms with van der Waals surface area (Å²) in [5, 5.41) is 24.8. The summed E-state index contributed by atoms with van der Waals surface area (Å²) in [6, 6.07) is 11.4. The number of ether oxygens (including phenoxy) is 1. The van der Waals surface area contributed by atoms with Gasteiger partial charge in [-0.25, -0.2) is 9.36 Å². The van der Waals surface area contributed by atoms with E-state index < -0.39 is 56.2 Å². The lowest BCUT2D eigenvalue weighted by Crippen LogP contribution is -2.46. The molecule has 0 bridgehead atoms. The number of benzene rings is 1. The quantitative estimate of drug-likeness (QED) is 0.344. The van der Waals surface area contributed by atoms with Crippen LogP contribution in [0.1, 0.15) is 41.6 Å². The van der Waals surface area contributed by atoms with Crippen LogP contribution in [0, 0.1) is 0 Å². The first-order chi connectivity index (χ1) is 19.1. The number of halogens is 1. The van der Waals surface area contributed by atoms with E-state index in [1.54, 1.807) is 36.4 Å². The highest BCUT2D eigenvalue weighted by atomic mass is 35.5. The normalized spacial score (nSPS) is 30.2. The number of phosphoric acid groups is 1. The molecule has 0 radical (unpaired) electrons. The Morgan fingerprint density at radius 2 is 2.15 bits per heavy atom. The summed E-state index contributed by atoms with van der Waals surface area (Å²) in [6.45, 7) is 0.889. The van der Waals surface area contributed by atoms with E-state index in [0.717, 1.165) is 4.57 Å². The molecule has 2 saturated heterocycles. The maximum Gasteiger partial charge on any atom is 0.475 e. The van der Waals surface area contributed by atoms with E-state index in [9.17, 15) is 24.4 Å². The number of pyridine rings is 1. The van der Waals surface area contributed by atoms with Gasteiger partial charge in [0.2, 0.25) is 0 Å². The zero-order valence-corrected chi connectivity index (χ0v) is 22.8. The number of aliphatic hydroxyl groups is 2. The molecule has 5 rings (SSSR count). The van der Waals surface area contributed by atoms with Crippen molar-refractivity contribution in [2.24, 2.45) is 0 Å². The van der Waals surface area contributed by atoms with Crippen LogP contribution < -0.4 is 11.0 Å². The average molecular weight is 593 g/mol. The minimum atomic E-state index is -4.06. The van der Waals surface area contributed by atoms with Gasteiger partial charge < -0.3 is 20.3 Å². The Morgan fingerprint density at radius 1 is 1.32 bits per heavy atom. The lowest BCUT2D eigenvalue weighted by molar-refractivity contribution is -0.0989. The Morgan fingerprint density at radius 3 is 2.88 bits per heavy atom. The van der Waals surface area contributed by atoms with Gasteiger partial charge in [-0.15, -0.1) is 0 Å². The molecule has 0 saturated carbocycles. The van der Waals surface area contributed by atoms with E-state index in [0.29, 0.717) is 17.0 Å². The molecule has 212 valence electrons. The van der Waals surface area contributed by atoms with Crippen molar-refractivity contribution < 1.29 is 37.9 Å². The number of hydrogen-bond acceptors (Lipinski definition) is 11. The molecule has 2 aromatic heterocycles. The van der Waals surface area contributed by atoms with E-state index in [1.165, 1.54) is 31.6 Å². The molecule has 40 heavy (non-hydrogen) atoms. The minimum Gasteiger partial charge on any atom is -0.387 e. The Balaban J connectivity index is 1.25. The summed E-state index contributed by atoms with van der Waals surface area (Å²) < 4.78 is 36.2. The summed E-state index contributed by atoms with van der Waals surface area (Å²) in [6.07, 6.45) is -0.175. The molecule has 2 unspecified atom stereocenters. The number of aliphatic hydroxyl groups excluding tert-OH is 1. The smallest absolute Gasteiger partial charge is 0.387 e. The fourth-order valence-electron chi connectivity index (χ4n) is 4.40. The van der Waals surface area contributed by atoms with Gasteiger partial charge in [0.15, 0.2) is 6.23 Å². The fourth-order valence-corrected chi connectivity index (χ4v) is 5.99. The average Bonchev–Trinajstić information content (AvgIpc) is 3.16. The molecule has 0 aliphatic carbocycles. The van der Waals surface area contributed by atoms with Crippen LogP contribution in [-0.2, 0) is 22.9 Å². The summed E-state index contributed by atoms with van der Waals surface area (Å²) >= 11 is 6.05. The Labute approximate surface area is 233 Å². The standard InChI is InChI=1S/C25H26ClN4O9P/c1-25(34)21(31)19(14-37-40(35)36-11-8-18(39-40)15-4-2-6-17(26)12-15)38-23(25)30-10-7-20(29-24(30)33)28-22(32)16-5-3-9-27-13-16/h2-7,9-10,12-13,18-19,21,23,31,34H,8,11,14H2,1H3,(H,28,29,32,33)/t18?,19-,21-,23-,25-,40?/m1/s1. The Bertz CT molecular complexity index is 1490. The van der Waals surface area contributed by atoms with E-state index in [2.05, 4.69) is 15.3 Å². The summed E-state index contributed by atoms with van der Waals surface area (Å²) in [4.78, 5) is 32.8. The second kappa shape index (κ2) is 11.5. The molecule has 0 spiro atoms. The number of carbonyl (C=O) groups is 1. The lowest BCUT2D eigenvalue weighted by atomic mass is 9.96. The van der Waals surface area contributed by atoms with Gasteiger partial charge in [0, 0.05) is 30.0 Å². The van der Waals surface area contributed by atoms with E-state index in [-0.39, 0.29) is 18.0 Å². The number of nitrogens with one attached hydrogen (secondary N) is 1. The minimum absolute atomic E-state index is 0.0351. The molecule has 15 heteroatoms. The number of aromatic nitrogens is 3. The predicted molar refractivity (Wildman–Crippen MR) is 141 cm³/mol. The maximum absolute atomic E-state index is 13.2. The van der Waals surface area contributed by atoms with Gasteiger partial charge in [-0.1, -0.05) is 23.7 Å². The molecule has 13 nitrogen and oxygen atoms in total. The maximum atomic E-state index is 13.2. The van der Waals surface area contributed by atoms with Gasteiger partial charge in [0.25, 0.3) is 5.91 Å². The molecule has 2 fully saturated rings. The first kappa shape index (κ1) is 28.5. The van der Waals surface area contributed by atoms with Gasteiger partial charge in [-0.2, -0.15) is 4.98 Å². The van der Waals surface area contributed by atoms with Crippen molar-refractivity contribution in [3.05, 3.63) is 87.7 Å². The molecule has 1 aromatic carbocycles. The monoisotopic (exact) mass is 592 g/mol. The number of phosphoric ester groups is 1. The van der Waals surface area contributed by atoms with Gasteiger partial charge in [-0.05, 0) is 42.8 Å². The third-order valence-corrected chi connectivity index (χ3v) is 8.22. The number of anilines is 1. The summed E-state index contributed by atoms with van der Waals surface area (Å²) in [5.41, 5.74) is -1.86. The third kappa shape index (κ3) is 6.02. The van der Waals surface area contributed by atoms with Gasteiger partial charge in [0.05, 0.1) is 24.9 Å². The van der Waals surface area contributed by atoms with Crippen LogP contribution in [0.3, 0.4) is 0 Å². The number of amides is 1. The fraction of sp³-hybridized carbons (Fsp3) is 0.360. The second-order valence-electron chi connectivity index (χ2n) is 9.41. The van der Waals surface area contributed by atoms with E-state index in [1.807, 2.05) is 0 Å². The number of hydrogen-bond donors (Lipinski definition) is 3. The first-order valence-electron chi connectivity index (χ1n) is 12.3. The predicted octanol–water partition coefficient (Wildman–Crippen LogP) is 2.86. The van der Waals surface area contributed by atoms with E-state index >= 15 is 0 Å². The lowest BCUT2D eigenvalue weighted by Gasteiger charge is -2.30. The van der Waals surface area contributed by atoms with Crippen molar-refractivity contribution >= 4 is 31.1 Å². The van der Waals surface area contributed by atoms with Gasteiger partial charge in [-0.3, -0.25) is 27.9 Å². The zero-order valence-electron chi connectivity index (χ0n) is 21.1. The SMILES string of the molecule is C[C@@]1(O)[C@H](O)[C@@H](COP2(=O)OCCC(c3cccc(Cl)c3)O2)O[C@H]1n1ccc(NC(=O)c2cccnc2)nc1=O. The van der Waals surface area contributed by atoms with Crippen molar-refractivity contribution in [2.75, 3.05) is 18.5 Å². The van der Waals surface area contributed by atoms with Crippen LogP contribution in [-0.4, -0.2) is 61.7 Å². The number of nitrogens with zero attached hydrogens (tertiary/aromatic N) is 3. The van der Waals surface area contributed by atoms with Crippen molar-refractivity contribution in [3.8, 4) is 0 Å². The van der Waals surface area contributed by atoms with Crippen molar-refractivity contribution in [1.29, 1.82) is 0 Å². The molecular weight excluding hydrogens is 567 g/mol. The molecule has 2 aliphatic rings. The second-order valence-corrected chi connectivity index (χ2v) is 11.5. The summed E-state index contributed by atoms with van der Waals surface area (Å²) in [5.74, 6) is -0.554. The molecular formula is C25H26ClN4O9P. The topological polar surface area (TPSA) is 171 Å². The number of rotatable bonds is 7. The van der Waals surface area contributed by atoms with Crippen molar-refractivity contribution in [2.45, 2.75) is 43.5 Å². The molecule has 6 atom stereocenters. The molecule has 1 amide bonds. The number of carbonyl (C=O) groups excluding carboxylic acids is 1. The first-order valence-corrected chi connectivity index (χ1v) is 14.1. The van der Waals surface area contributed by atoms with Crippen molar-refractivity contribution in [3.63, 3.8) is 0 Å². The van der Waals surface area contributed by atoms with Crippen LogP contribution in [0.5, 0.6) is 0 Å². The largest absolute Gasteiger partial charge is 0.475 e. The Kier molecular flexibility index (Phi) is 8.18. The van der Waals surface area contributed by atoms with Crippen LogP contribution in [0.2, 0.25) is 5.02 Å². The highest BCUT2D eigenvalue weighted by molar-refractivity contribution is 7.48. The van der Waals surface area contributed by atoms with Gasteiger partial charge in [0.1, 0.15) is 23.6 Å². The highest BCUT2D eigenvalue weighted by Gasteiger charge is 2.54. The van der Waals surface area contributed by atoms with Crippen LogP contribution >= 0.6 is 19.4 Å². The molecule has 2 aliphatic heterocycles. The van der Waals surface area contributed by atoms with Crippen LogP contribution in [0.15, 0.2) is 65.8 Å². The van der Waals surface area contributed by atoms with E-state index in [4.69, 9.17) is 29.9 Å². The highest BCUT2D eigenvalue weighted by Crippen LogP contribution is 2.57. The zero-order chi connectivity index (χ0) is 28.5. The Hall–Kier alpha value is -3.00. The molecule has 4 heterocycles. The van der Waals surface area contributed by atoms with Crippen LogP contribution in [0.25, 0.3) is 0 Å². The third-order valence-electron chi connectivity index (χ3n) is 6.51. The van der Waals surface area contributed by atoms with Gasteiger partial charge >= 0.3 is 13.5 Å². The molecule has 3 aromatic rings.